The van der Waals surface area contributed by atoms with Crippen molar-refractivity contribution < 1.29 is 29.6 Å². The van der Waals surface area contributed by atoms with E-state index in [4.69, 9.17) is 14.5 Å². The third-order valence-corrected chi connectivity index (χ3v) is 10.2. The number of rotatable bonds is 4. The minimum Gasteiger partial charge on any atom is -0.503 e. The predicted molar refractivity (Wildman–Crippen MR) is 213 cm³/mol. The number of aryl methyl sites for hydroxylation is 4. The van der Waals surface area contributed by atoms with Crippen molar-refractivity contribution in [3.63, 3.8) is 0 Å². The number of aromatic nitrogens is 2. The molecule has 0 aliphatic carbocycles. The van der Waals surface area contributed by atoms with Crippen LogP contribution in [0.25, 0.3) is 33.6 Å². The molecule has 2 aliphatic rings. The van der Waals surface area contributed by atoms with Crippen LogP contribution in [0.15, 0.2) is 122 Å². The van der Waals surface area contributed by atoms with Crippen molar-refractivity contribution in [1.29, 1.82) is 0 Å². The van der Waals surface area contributed by atoms with Crippen LogP contribution in [0.3, 0.4) is 0 Å². The molecule has 2 aromatic heterocycles. The van der Waals surface area contributed by atoms with Gasteiger partial charge in [0.25, 0.3) is 0 Å². The van der Waals surface area contributed by atoms with Gasteiger partial charge in [0.15, 0.2) is 0 Å². The van der Waals surface area contributed by atoms with Crippen molar-refractivity contribution in [3.8, 4) is 56.6 Å². The van der Waals surface area contributed by atoms with E-state index in [1.807, 2.05) is 48.8 Å². The zero-order valence-electron chi connectivity index (χ0n) is 30.7. The number of nitrogens with zero attached hydrogens (tertiary/aromatic N) is 2. The van der Waals surface area contributed by atoms with E-state index >= 15 is 0 Å². The Bertz CT molecular complexity index is 2450. The van der Waals surface area contributed by atoms with Crippen LogP contribution >= 0.6 is 0 Å². The van der Waals surface area contributed by atoms with Crippen LogP contribution in [0.2, 0.25) is 0 Å². The quantitative estimate of drug-likeness (QED) is 0.131. The van der Waals surface area contributed by atoms with Gasteiger partial charge in [0, 0.05) is 44.0 Å². The maximum absolute atomic E-state index is 6.50. The molecule has 7 aromatic rings. The average molecular weight is 867 g/mol. The summed E-state index contributed by atoms with van der Waals surface area (Å²) in [5.74, 6) is 3.77. The van der Waals surface area contributed by atoms with Crippen molar-refractivity contribution in [2.24, 2.45) is 0 Å². The van der Waals surface area contributed by atoms with E-state index < -0.39 is 0 Å². The second-order valence-electron chi connectivity index (χ2n) is 14.0. The molecule has 0 N–H and O–H groups in total. The maximum atomic E-state index is 6.50. The van der Waals surface area contributed by atoms with Gasteiger partial charge in [-0.1, -0.05) is 122 Å². The SMILES string of the molecule is Cc1cnc(-c2[c-]cc(C)c(-c3ccccc3)c2)cc1C.Cc1cnc(-c2[c-]cc3c4c2Oc2ccccc2B4c2ccccc2O3)cc1C(C)C.[Ir]. The predicted octanol–water partition coefficient (Wildman–Crippen LogP) is 9.85. The van der Waals surface area contributed by atoms with Crippen LogP contribution in [-0.4, -0.2) is 16.7 Å². The Morgan fingerprint density at radius 3 is 1.94 bits per heavy atom. The Kier molecular flexibility index (Phi) is 10.2. The summed E-state index contributed by atoms with van der Waals surface area (Å²) in [6.45, 7) is 12.9. The first-order valence-electron chi connectivity index (χ1n) is 17.9. The van der Waals surface area contributed by atoms with Gasteiger partial charge in [-0.15, -0.1) is 41.5 Å². The van der Waals surface area contributed by atoms with Gasteiger partial charge in [-0.05, 0) is 83.4 Å². The number of hydrogen-bond acceptors (Lipinski definition) is 4. The molecule has 4 nitrogen and oxygen atoms in total. The van der Waals surface area contributed by atoms with E-state index in [0.717, 1.165) is 61.9 Å². The molecule has 5 aromatic carbocycles. The molecule has 263 valence electrons. The minimum absolute atomic E-state index is 0. The van der Waals surface area contributed by atoms with Crippen LogP contribution in [0.4, 0.5) is 0 Å². The first-order chi connectivity index (χ1) is 25.3. The molecule has 0 bridgehead atoms. The molecule has 0 saturated heterocycles. The first kappa shape index (κ1) is 36.1. The Morgan fingerprint density at radius 2 is 1.25 bits per heavy atom. The summed E-state index contributed by atoms with van der Waals surface area (Å²) >= 11 is 0. The topological polar surface area (TPSA) is 44.2 Å². The molecule has 4 heterocycles. The normalized spacial score (nSPS) is 11.9. The zero-order chi connectivity index (χ0) is 35.9. The molecule has 2 aliphatic heterocycles. The molecule has 6 heteroatoms. The molecule has 0 atom stereocenters. The van der Waals surface area contributed by atoms with Gasteiger partial charge < -0.3 is 19.4 Å². The van der Waals surface area contributed by atoms with E-state index in [-0.39, 0.29) is 26.8 Å². The molecule has 0 unspecified atom stereocenters. The summed E-state index contributed by atoms with van der Waals surface area (Å²) in [7, 11) is 0. The van der Waals surface area contributed by atoms with Crippen molar-refractivity contribution in [1.82, 2.24) is 9.97 Å². The number of fused-ring (bicyclic) bond motifs is 4. The summed E-state index contributed by atoms with van der Waals surface area (Å²) in [6.07, 6.45) is 3.88. The fourth-order valence-electron chi connectivity index (χ4n) is 7.22. The third-order valence-electron chi connectivity index (χ3n) is 10.2. The largest absolute Gasteiger partial charge is 0.503 e. The second kappa shape index (κ2) is 15.0. The van der Waals surface area contributed by atoms with E-state index in [0.29, 0.717) is 5.92 Å². The molecule has 0 fully saturated rings. The van der Waals surface area contributed by atoms with E-state index in [1.54, 1.807) is 0 Å². The van der Waals surface area contributed by atoms with Crippen molar-refractivity contribution >= 4 is 23.1 Å². The average Bonchev–Trinajstić information content (AvgIpc) is 3.17. The van der Waals surface area contributed by atoms with Crippen LogP contribution < -0.4 is 25.9 Å². The van der Waals surface area contributed by atoms with E-state index in [2.05, 4.69) is 131 Å². The molecule has 9 rings (SSSR count). The van der Waals surface area contributed by atoms with Crippen molar-refractivity contribution in [3.05, 3.63) is 162 Å². The standard InChI is InChI=1S/C27H21BNO2.C20H18N.Ir/c1-16(2)19-14-22(29-15-17(19)3)18-12-13-25-26-27(18)31-24-11-7-5-9-21(24)28(26)20-8-4-6-10-23(20)30-25;1-14-9-10-18(20-11-15(2)16(3)13-21-20)12-19(14)17-7-5-4-6-8-17;/h4-11,13-16H,1-3H3;4-9,11-13H,1-3H3;/q2*-1;. The first-order valence-corrected chi connectivity index (χ1v) is 17.9. The van der Waals surface area contributed by atoms with Crippen molar-refractivity contribution in [2.75, 3.05) is 0 Å². The molecule has 0 spiro atoms. The summed E-state index contributed by atoms with van der Waals surface area (Å²) < 4.78 is 12.8. The van der Waals surface area contributed by atoms with E-state index in [1.165, 1.54) is 38.9 Å². The van der Waals surface area contributed by atoms with Crippen LogP contribution in [0, 0.1) is 39.8 Å². The number of benzene rings is 5. The van der Waals surface area contributed by atoms with Gasteiger partial charge in [-0.2, -0.15) is 0 Å². The summed E-state index contributed by atoms with van der Waals surface area (Å²) in [5.41, 5.74) is 15.8. The monoisotopic (exact) mass is 867 g/mol. The van der Waals surface area contributed by atoms with Gasteiger partial charge in [-0.25, -0.2) is 0 Å². The Hall–Kier alpha value is -5.29. The van der Waals surface area contributed by atoms with Crippen LogP contribution in [0.1, 0.15) is 47.6 Å². The number of hydrogen-bond donors (Lipinski definition) is 0. The van der Waals surface area contributed by atoms with Gasteiger partial charge in [-0.3, -0.25) is 0 Å². The summed E-state index contributed by atoms with van der Waals surface area (Å²) in [6, 6.07) is 44.2. The van der Waals surface area contributed by atoms with Gasteiger partial charge in [0.1, 0.15) is 11.5 Å². The van der Waals surface area contributed by atoms with Gasteiger partial charge in [0.05, 0.1) is 0 Å². The van der Waals surface area contributed by atoms with Gasteiger partial charge in [0.2, 0.25) is 6.71 Å². The molecule has 0 amide bonds. The molecular weight excluding hydrogens is 828 g/mol. The van der Waals surface area contributed by atoms with Crippen LogP contribution in [-0.2, 0) is 20.1 Å². The Balaban J connectivity index is 0.000000174. The third kappa shape index (κ3) is 6.86. The van der Waals surface area contributed by atoms with Gasteiger partial charge >= 0.3 is 0 Å². The molecule has 53 heavy (non-hydrogen) atoms. The Morgan fingerprint density at radius 1 is 0.604 bits per heavy atom. The summed E-state index contributed by atoms with van der Waals surface area (Å²) in [4.78, 5) is 9.29. The fourth-order valence-corrected chi connectivity index (χ4v) is 7.22. The minimum atomic E-state index is 0. The maximum Gasteiger partial charge on any atom is 0.239 e. The Labute approximate surface area is 326 Å². The number of pyridine rings is 2. The zero-order valence-corrected chi connectivity index (χ0v) is 33.1. The second-order valence-corrected chi connectivity index (χ2v) is 14.0. The van der Waals surface area contributed by atoms with E-state index in [9.17, 15) is 0 Å². The summed E-state index contributed by atoms with van der Waals surface area (Å²) in [5, 5.41) is 0. The van der Waals surface area contributed by atoms with Crippen molar-refractivity contribution in [2.45, 2.75) is 47.5 Å². The van der Waals surface area contributed by atoms with Crippen LogP contribution in [0.5, 0.6) is 23.0 Å². The number of ether oxygens (including phenoxy) is 2. The molecule has 1 radical (unpaired) electrons. The molecule has 0 saturated carbocycles. The smallest absolute Gasteiger partial charge is 0.239 e. The molecular formula is C47H39BIrN2O2-2. The fraction of sp³-hybridized carbons (Fsp3) is 0.149. The number of para-hydroxylation sites is 2.